The summed E-state index contributed by atoms with van der Waals surface area (Å²) in [5.41, 5.74) is 0. The molecule has 1 atom stereocenters. The van der Waals surface area contributed by atoms with E-state index in [0.717, 1.165) is 57.8 Å². The van der Waals surface area contributed by atoms with Crippen LogP contribution in [0.5, 0.6) is 0 Å². The molecule has 6 nitrogen and oxygen atoms in total. The Morgan fingerprint density at radius 1 is 0.286 bits per heavy atom. The van der Waals surface area contributed by atoms with Crippen LogP contribution in [0.3, 0.4) is 0 Å². The van der Waals surface area contributed by atoms with Gasteiger partial charge in [-0.05, 0) is 19.3 Å². The summed E-state index contributed by atoms with van der Waals surface area (Å²) in [6.07, 6.45) is 48.2. The highest BCUT2D eigenvalue weighted by Crippen LogP contribution is 2.17. The highest BCUT2D eigenvalue weighted by atomic mass is 16.6. The molecule has 332 valence electrons. The Morgan fingerprint density at radius 2 is 0.482 bits per heavy atom. The molecular formula is C50H96O6. The van der Waals surface area contributed by atoms with Gasteiger partial charge in [-0.3, -0.25) is 14.4 Å². The Bertz CT molecular complexity index is 828. The third-order valence-corrected chi connectivity index (χ3v) is 11.4. The van der Waals surface area contributed by atoms with Gasteiger partial charge in [-0.1, -0.05) is 245 Å². The molecular weight excluding hydrogens is 697 g/mol. The van der Waals surface area contributed by atoms with Crippen LogP contribution in [0.4, 0.5) is 0 Å². The summed E-state index contributed by atoms with van der Waals surface area (Å²) in [5.74, 6) is -0.852. The smallest absolute Gasteiger partial charge is 0.306 e. The monoisotopic (exact) mass is 793 g/mol. The molecule has 0 radical (unpaired) electrons. The lowest BCUT2D eigenvalue weighted by Gasteiger charge is -2.18. The molecule has 0 amide bonds. The lowest BCUT2D eigenvalue weighted by atomic mass is 10.0. The van der Waals surface area contributed by atoms with Crippen LogP contribution < -0.4 is 0 Å². The van der Waals surface area contributed by atoms with Gasteiger partial charge in [0.2, 0.25) is 0 Å². The molecule has 0 fully saturated rings. The van der Waals surface area contributed by atoms with E-state index < -0.39 is 6.10 Å². The van der Waals surface area contributed by atoms with Crippen LogP contribution in [0.15, 0.2) is 0 Å². The highest BCUT2D eigenvalue weighted by Gasteiger charge is 2.19. The fourth-order valence-electron chi connectivity index (χ4n) is 7.56. The maximum absolute atomic E-state index is 12.7. The Hall–Kier alpha value is -1.59. The molecule has 56 heavy (non-hydrogen) atoms. The normalized spacial score (nSPS) is 11.8. The van der Waals surface area contributed by atoms with Crippen molar-refractivity contribution in [2.24, 2.45) is 0 Å². The molecule has 0 heterocycles. The van der Waals surface area contributed by atoms with Crippen molar-refractivity contribution in [1.29, 1.82) is 0 Å². The number of esters is 3. The van der Waals surface area contributed by atoms with E-state index in [0.29, 0.717) is 19.3 Å². The maximum atomic E-state index is 12.7. The zero-order valence-electron chi connectivity index (χ0n) is 37.9. The summed E-state index contributed by atoms with van der Waals surface area (Å²) < 4.78 is 16.7. The van der Waals surface area contributed by atoms with E-state index in [-0.39, 0.29) is 31.1 Å². The van der Waals surface area contributed by atoms with E-state index >= 15 is 0 Å². The van der Waals surface area contributed by atoms with E-state index in [1.165, 1.54) is 186 Å². The summed E-state index contributed by atoms with van der Waals surface area (Å²) in [6.45, 7) is 6.63. The largest absolute Gasteiger partial charge is 0.462 e. The van der Waals surface area contributed by atoms with Gasteiger partial charge in [0.1, 0.15) is 13.2 Å². The fourth-order valence-corrected chi connectivity index (χ4v) is 7.56. The molecule has 0 aliphatic rings. The average Bonchev–Trinajstić information content (AvgIpc) is 3.19. The van der Waals surface area contributed by atoms with E-state index in [4.69, 9.17) is 14.2 Å². The minimum Gasteiger partial charge on any atom is -0.462 e. The SMILES string of the molecule is CCCCCCCCCCCCCCCCCCCCCC(=O)OCC(COC(=O)CCCCCCCCC)OC(=O)CCCCCCCCCCCCCC. The first kappa shape index (κ1) is 54.4. The lowest BCUT2D eigenvalue weighted by molar-refractivity contribution is -0.167. The molecule has 0 aromatic rings. The van der Waals surface area contributed by atoms with E-state index in [1.807, 2.05) is 0 Å². The minimum absolute atomic E-state index is 0.0626. The predicted octanol–water partition coefficient (Wildman–Crippen LogP) is 16.0. The summed E-state index contributed by atoms with van der Waals surface area (Å²) in [4.78, 5) is 37.7. The Balaban J connectivity index is 4.15. The molecule has 0 rings (SSSR count). The molecule has 0 spiro atoms. The molecule has 1 unspecified atom stereocenters. The van der Waals surface area contributed by atoms with E-state index in [1.54, 1.807) is 0 Å². The van der Waals surface area contributed by atoms with Crippen molar-refractivity contribution in [3.63, 3.8) is 0 Å². The van der Waals surface area contributed by atoms with Gasteiger partial charge in [0.15, 0.2) is 6.10 Å². The Labute approximate surface area is 348 Å². The molecule has 0 bridgehead atoms. The van der Waals surface area contributed by atoms with Crippen LogP contribution in [-0.2, 0) is 28.6 Å². The van der Waals surface area contributed by atoms with E-state index in [9.17, 15) is 14.4 Å². The van der Waals surface area contributed by atoms with Crippen molar-refractivity contribution < 1.29 is 28.6 Å². The Morgan fingerprint density at radius 3 is 0.714 bits per heavy atom. The summed E-state index contributed by atoms with van der Waals surface area (Å²) >= 11 is 0. The van der Waals surface area contributed by atoms with Crippen LogP contribution in [0, 0.1) is 0 Å². The number of hydrogen-bond acceptors (Lipinski definition) is 6. The highest BCUT2D eigenvalue weighted by molar-refractivity contribution is 5.71. The van der Waals surface area contributed by atoms with Gasteiger partial charge >= 0.3 is 17.9 Å². The summed E-state index contributed by atoms with van der Waals surface area (Å²) in [5, 5.41) is 0. The number of carbonyl (C=O) groups is 3. The number of unbranched alkanes of at least 4 members (excludes halogenated alkanes) is 35. The number of ether oxygens (including phenoxy) is 3. The second-order valence-electron chi connectivity index (χ2n) is 17.1. The first-order chi connectivity index (χ1) is 27.5. The molecule has 0 saturated carbocycles. The van der Waals surface area contributed by atoms with E-state index in [2.05, 4.69) is 20.8 Å². The van der Waals surface area contributed by atoms with Crippen molar-refractivity contribution in [1.82, 2.24) is 0 Å². The third-order valence-electron chi connectivity index (χ3n) is 11.4. The van der Waals surface area contributed by atoms with Crippen LogP contribution in [0.25, 0.3) is 0 Å². The van der Waals surface area contributed by atoms with Gasteiger partial charge in [0.25, 0.3) is 0 Å². The zero-order valence-corrected chi connectivity index (χ0v) is 37.9. The minimum atomic E-state index is -0.758. The topological polar surface area (TPSA) is 78.9 Å². The number of hydrogen-bond donors (Lipinski definition) is 0. The molecule has 0 aromatic heterocycles. The first-order valence-corrected chi connectivity index (χ1v) is 25.0. The molecule has 0 aliphatic carbocycles. The average molecular weight is 793 g/mol. The first-order valence-electron chi connectivity index (χ1n) is 25.0. The van der Waals surface area contributed by atoms with Gasteiger partial charge in [-0.25, -0.2) is 0 Å². The van der Waals surface area contributed by atoms with Crippen LogP contribution in [0.2, 0.25) is 0 Å². The summed E-state index contributed by atoms with van der Waals surface area (Å²) in [7, 11) is 0. The zero-order chi connectivity index (χ0) is 40.8. The van der Waals surface area contributed by atoms with Gasteiger partial charge in [-0.15, -0.1) is 0 Å². The van der Waals surface area contributed by atoms with Crippen molar-refractivity contribution in [2.75, 3.05) is 13.2 Å². The molecule has 0 aromatic carbocycles. The molecule has 0 saturated heterocycles. The molecule has 0 N–H and O–H groups in total. The van der Waals surface area contributed by atoms with Crippen molar-refractivity contribution in [3.05, 3.63) is 0 Å². The third kappa shape index (κ3) is 43.5. The standard InChI is InChI=1S/C50H96O6/c1-4-7-10-13-16-18-20-22-23-24-25-26-27-28-30-31-34-37-40-43-49(52)55-46-47(45-54-48(51)42-39-36-33-15-12-9-6-3)56-50(53)44-41-38-35-32-29-21-19-17-14-11-8-5-2/h47H,4-46H2,1-3H3. The lowest BCUT2D eigenvalue weighted by Crippen LogP contribution is -2.30. The van der Waals surface area contributed by atoms with Gasteiger partial charge in [-0.2, -0.15) is 0 Å². The summed E-state index contributed by atoms with van der Waals surface area (Å²) in [6, 6.07) is 0. The van der Waals surface area contributed by atoms with Crippen LogP contribution >= 0.6 is 0 Å². The van der Waals surface area contributed by atoms with Crippen LogP contribution in [0.1, 0.15) is 284 Å². The second-order valence-corrected chi connectivity index (χ2v) is 17.1. The van der Waals surface area contributed by atoms with Crippen LogP contribution in [-0.4, -0.2) is 37.2 Å². The second kappa shape index (κ2) is 46.1. The van der Waals surface area contributed by atoms with Crippen molar-refractivity contribution in [3.8, 4) is 0 Å². The number of rotatable bonds is 46. The Kier molecular flexibility index (Phi) is 44.8. The van der Waals surface area contributed by atoms with Gasteiger partial charge in [0, 0.05) is 19.3 Å². The molecule has 0 aliphatic heterocycles. The molecule has 6 heteroatoms. The predicted molar refractivity (Wildman–Crippen MR) is 238 cm³/mol. The maximum Gasteiger partial charge on any atom is 0.306 e. The number of carbonyl (C=O) groups excluding carboxylic acids is 3. The van der Waals surface area contributed by atoms with Crippen molar-refractivity contribution in [2.45, 2.75) is 290 Å². The fraction of sp³-hybridized carbons (Fsp3) is 0.940. The quantitative estimate of drug-likeness (QED) is 0.0347. The van der Waals surface area contributed by atoms with Gasteiger partial charge in [0.05, 0.1) is 0 Å². The van der Waals surface area contributed by atoms with Gasteiger partial charge < -0.3 is 14.2 Å². The van der Waals surface area contributed by atoms with Crippen molar-refractivity contribution >= 4 is 17.9 Å².